The summed E-state index contributed by atoms with van der Waals surface area (Å²) in [4.78, 5) is 0. The van der Waals surface area contributed by atoms with Crippen LogP contribution in [0.1, 0.15) is 31.2 Å². The van der Waals surface area contributed by atoms with Crippen molar-refractivity contribution in [3.05, 3.63) is 34.1 Å². The molecule has 0 spiro atoms. The number of halogens is 2. The highest BCUT2D eigenvalue weighted by Crippen LogP contribution is 2.32. The van der Waals surface area contributed by atoms with Crippen LogP contribution < -0.4 is 5.32 Å². The molecule has 1 heterocycles. The normalized spacial score (nSPS) is 19.7. The fourth-order valence-electron chi connectivity index (χ4n) is 2.47. The fraction of sp³-hybridized carbons (Fsp3) is 0.538. The molecule has 0 amide bonds. The smallest absolute Gasteiger partial charge is 0.127 e. The van der Waals surface area contributed by atoms with Crippen LogP contribution >= 0.6 is 15.9 Å². The molecule has 1 aromatic rings. The third-order valence-electron chi connectivity index (χ3n) is 3.54. The Kier molecular flexibility index (Phi) is 3.98. The quantitative estimate of drug-likeness (QED) is 0.874. The minimum Gasteiger partial charge on any atom is -0.317 e. The van der Waals surface area contributed by atoms with Gasteiger partial charge in [0.2, 0.25) is 0 Å². The summed E-state index contributed by atoms with van der Waals surface area (Å²) in [5, 5.41) is 3.34. The average Bonchev–Trinajstić information content (AvgIpc) is 2.29. The molecule has 1 aliphatic heterocycles. The molecule has 88 valence electrons. The van der Waals surface area contributed by atoms with Gasteiger partial charge in [-0.05, 0) is 55.5 Å². The highest BCUT2D eigenvalue weighted by molar-refractivity contribution is 9.10. The zero-order valence-corrected chi connectivity index (χ0v) is 11.1. The van der Waals surface area contributed by atoms with Gasteiger partial charge >= 0.3 is 0 Å². The Balaban J connectivity index is 2.15. The van der Waals surface area contributed by atoms with E-state index < -0.39 is 0 Å². The third kappa shape index (κ3) is 2.64. The van der Waals surface area contributed by atoms with Gasteiger partial charge in [-0.1, -0.05) is 28.9 Å². The fourth-order valence-corrected chi connectivity index (χ4v) is 2.80. The van der Waals surface area contributed by atoms with E-state index in [1.165, 1.54) is 0 Å². The van der Waals surface area contributed by atoms with Crippen molar-refractivity contribution >= 4 is 15.9 Å². The van der Waals surface area contributed by atoms with E-state index in [-0.39, 0.29) is 5.82 Å². The van der Waals surface area contributed by atoms with Crippen LogP contribution in [0.15, 0.2) is 22.7 Å². The molecule has 2 rings (SSSR count). The van der Waals surface area contributed by atoms with Crippen LogP contribution in [0.5, 0.6) is 0 Å². The first-order chi connectivity index (χ1) is 7.68. The molecule has 1 atom stereocenters. The second-order valence-electron chi connectivity index (χ2n) is 4.54. The predicted molar refractivity (Wildman–Crippen MR) is 68.1 cm³/mol. The average molecular weight is 286 g/mol. The summed E-state index contributed by atoms with van der Waals surface area (Å²) < 4.78 is 14.6. The second kappa shape index (κ2) is 5.28. The third-order valence-corrected chi connectivity index (χ3v) is 4.04. The zero-order chi connectivity index (χ0) is 11.5. The van der Waals surface area contributed by atoms with Gasteiger partial charge < -0.3 is 5.32 Å². The summed E-state index contributed by atoms with van der Waals surface area (Å²) in [5.74, 6) is 0.840. The van der Waals surface area contributed by atoms with Crippen molar-refractivity contribution in [3.8, 4) is 0 Å². The first kappa shape index (κ1) is 12.1. The van der Waals surface area contributed by atoms with Crippen LogP contribution in [0.3, 0.4) is 0 Å². The summed E-state index contributed by atoms with van der Waals surface area (Å²) >= 11 is 3.29. The van der Waals surface area contributed by atoms with Crippen LogP contribution in [0.25, 0.3) is 0 Å². The van der Waals surface area contributed by atoms with Crippen molar-refractivity contribution in [3.63, 3.8) is 0 Å². The lowest BCUT2D eigenvalue weighted by Crippen LogP contribution is -2.30. The van der Waals surface area contributed by atoms with E-state index >= 15 is 0 Å². The Labute approximate surface area is 105 Å². The van der Waals surface area contributed by atoms with Crippen LogP contribution in [0, 0.1) is 11.7 Å². The molecule has 0 radical (unpaired) electrons. The number of benzene rings is 1. The van der Waals surface area contributed by atoms with Crippen molar-refractivity contribution in [2.45, 2.75) is 25.7 Å². The Bertz CT molecular complexity index is 361. The molecule has 0 saturated carbocycles. The van der Waals surface area contributed by atoms with Gasteiger partial charge in [0.25, 0.3) is 0 Å². The van der Waals surface area contributed by atoms with E-state index in [2.05, 4.69) is 28.2 Å². The molecular weight excluding hydrogens is 269 g/mol. The van der Waals surface area contributed by atoms with E-state index in [1.807, 2.05) is 12.1 Å². The lowest BCUT2D eigenvalue weighted by atomic mass is 9.81. The lowest BCUT2D eigenvalue weighted by Gasteiger charge is -2.28. The molecule has 1 nitrogen and oxygen atoms in total. The summed E-state index contributed by atoms with van der Waals surface area (Å²) in [6, 6.07) is 5.40. The number of nitrogens with one attached hydrogen (secondary N) is 1. The van der Waals surface area contributed by atoms with Crippen molar-refractivity contribution in [1.29, 1.82) is 0 Å². The van der Waals surface area contributed by atoms with E-state index in [1.54, 1.807) is 6.07 Å². The van der Waals surface area contributed by atoms with Crippen molar-refractivity contribution < 1.29 is 4.39 Å². The van der Waals surface area contributed by atoms with Gasteiger partial charge in [0, 0.05) is 4.47 Å². The second-order valence-corrected chi connectivity index (χ2v) is 5.46. The lowest BCUT2D eigenvalue weighted by molar-refractivity contribution is 0.325. The van der Waals surface area contributed by atoms with Crippen LogP contribution in [-0.2, 0) is 0 Å². The molecule has 1 aliphatic rings. The van der Waals surface area contributed by atoms with Gasteiger partial charge in [-0.25, -0.2) is 4.39 Å². The molecule has 1 saturated heterocycles. The molecule has 0 aromatic heterocycles. The molecule has 0 bridgehead atoms. The Morgan fingerprint density at radius 3 is 2.69 bits per heavy atom. The summed E-state index contributed by atoms with van der Waals surface area (Å²) in [7, 11) is 0. The standard InChI is InChI=1S/C13H17BrFN/c1-9(10-4-6-16-7-5-10)12-3-2-11(14)8-13(12)15/h2-3,8-10,16H,4-7H2,1H3. The molecule has 3 heteroatoms. The number of piperidine rings is 1. The van der Waals surface area contributed by atoms with E-state index in [4.69, 9.17) is 0 Å². The topological polar surface area (TPSA) is 12.0 Å². The largest absolute Gasteiger partial charge is 0.317 e. The van der Waals surface area contributed by atoms with Gasteiger partial charge in [-0.3, -0.25) is 0 Å². The van der Waals surface area contributed by atoms with E-state index in [0.29, 0.717) is 11.8 Å². The molecule has 1 fully saturated rings. The van der Waals surface area contributed by atoms with E-state index in [9.17, 15) is 4.39 Å². The zero-order valence-electron chi connectivity index (χ0n) is 9.47. The van der Waals surface area contributed by atoms with Gasteiger partial charge in [0.05, 0.1) is 0 Å². The maximum atomic E-state index is 13.8. The van der Waals surface area contributed by atoms with Crippen LogP contribution in [0.4, 0.5) is 4.39 Å². The number of hydrogen-bond donors (Lipinski definition) is 1. The minimum atomic E-state index is -0.0830. The monoisotopic (exact) mass is 285 g/mol. The van der Waals surface area contributed by atoms with E-state index in [0.717, 1.165) is 36.0 Å². The molecular formula is C13H17BrFN. The first-order valence-corrected chi connectivity index (χ1v) is 6.63. The Morgan fingerprint density at radius 2 is 2.06 bits per heavy atom. The Morgan fingerprint density at radius 1 is 1.38 bits per heavy atom. The predicted octanol–water partition coefficient (Wildman–Crippen LogP) is 3.69. The summed E-state index contributed by atoms with van der Waals surface area (Å²) in [5.41, 5.74) is 0.857. The molecule has 1 aromatic carbocycles. The summed E-state index contributed by atoms with van der Waals surface area (Å²) in [6.45, 7) is 4.27. The van der Waals surface area contributed by atoms with Crippen LogP contribution in [-0.4, -0.2) is 13.1 Å². The number of hydrogen-bond acceptors (Lipinski definition) is 1. The molecule has 1 N–H and O–H groups in total. The van der Waals surface area contributed by atoms with Crippen molar-refractivity contribution in [2.24, 2.45) is 5.92 Å². The number of rotatable bonds is 2. The maximum Gasteiger partial charge on any atom is 0.127 e. The maximum absolute atomic E-state index is 13.8. The van der Waals surface area contributed by atoms with Crippen molar-refractivity contribution in [2.75, 3.05) is 13.1 Å². The minimum absolute atomic E-state index is 0.0830. The molecule has 1 unspecified atom stereocenters. The SMILES string of the molecule is CC(c1ccc(Br)cc1F)C1CCNCC1. The van der Waals surface area contributed by atoms with Crippen LogP contribution in [0.2, 0.25) is 0 Å². The van der Waals surface area contributed by atoms with Crippen molar-refractivity contribution in [1.82, 2.24) is 5.32 Å². The summed E-state index contributed by atoms with van der Waals surface area (Å²) in [6.07, 6.45) is 2.30. The van der Waals surface area contributed by atoms with Gasteiger partial charge in [-0.2, -0.15) is 0 Å². The first-order valence-electron chi connectivity index (χ1n) is 5.84. The molecule has 0 aliphatic carbocycles. The Hall–Kier alpha value is -0.410. The van der Waals surface area contributed by atoms with Gasteiger partial charge in [0.1, 0.15) is 5.82 Å². The highest BCUT2D eigenvalue weighted by Gasteiger charge is 2.23. The molecule has 16 heavy (non-hydrogen) atoms. The van der Waals surface area contributed by atoms with Gasteiger partial charge in [-0.15, -0.1) is 0 Å². The van der Waals surface area contributed by atoms with Gasteiger partial charge in [0.15, 0.2) is 0 Å². The highest BCUT2D eigenvalue weighted by atomic mass is 79.9.